The predicted molar refractivity (Wildman–Crippen MR) is 117 cm³/mol. The lowest BCUT2D eigenvalue weighted by molar-refractivity contribution is 0.0995. The van der Waals surface area contributed by atoms with Crippen LogP contribution in [0.5, 0.6) is 5.88 Å². The van der Waals surface area contributed by atoms with Gasteiger partial charge in [0.1, 0.15) is 0 Å². The molecule has 3 aromatic rings. The van der Waals surface area contributed by atoms with Crippen LogP contribution in [-0.4, -0.2) is 59.9 Å². The maximum absolute atomic E-state index is 11.2. The Labute approximate surface area is 174 Å². The van der Waals surface area contributed by atoms with Crippen molar-refractivity contribution >= 4 is 33.0 Å². The molecule has 2 aromatic heterocycles. The van der Waals surface area contributed by atoms with E-state index in [-0.39, 0.29) is 5.69 Å². The van der Waals surface area contributed by atoms with Crippen molar-refractivity contribution in [2.75, 3.05) is 44.2 Å². The molecule has 1 aliphatic rings. The van der Waals surface area contributed by atoms with Gasteiger partial charge in [0.2, 0.25) is 5.88 Å². The first-order chi connectivity index (χ1) is 14.1. The summed E-state index contributed by atoms with van der Waals surface area (Å²) in [7, 11) is 1.75. The zero-order chi connectivity index (χ0) is 20.2. The average molecular weight is 414 g/mol. The van der Waals surface area contributed by atoms with Gasteiger partial charge in [0.15, 0.2) is 5.69 Å². The molecule has 1 saturated heterocycles. The van der Waals surface area contributed by atoms with Crippen LogP contribution in [-0.2, 0) is 7.05 Å². The van der Waals surface area contributed by atoms with Crippen molar-refractivity contribution in [3.05, 3.63) is 41.4 Å². The number of carbonyl (C=O) groups is 1. The molecule has 0 unspecified atom stereocenters. The van der Waals surface area contributed by atoms with E-state index in [0.717, 1.165) is 45.6 Å². The van der Waals surface area contributed by atoms with Gasteiger partial charge in [-0.1, -0.05) is 6.07 Å². The second-order valence-corrected chi connectivity index (χ2v) is 8.30. The van der Waals surface area contributed by atoms with Gasteiger partial charge in [0.25, 0.3) is 5.91 Å². The van der Waals surface area contributed by atoms with E-state index in [1.165, 1.54) is 15.8 Å². The summed E-state index contributed by atoms with van der Waals surface area (Å²) in [6.07, 6.45) is 2.05. The third kappa shape index (κ3) is 4.54. The minimum Gasteiger partial charge on any atom is -0.478 e. The molecule has 1 fully saturated rings. The molecule has 0 bridgehead atoms. The van der Waals surface area contributed by atoms with Crippen LogP contribution in [0.4, 0.5) is 5.69 Å². The fourth-order valence-corrected chi connectivity index (χ4v) is 4.59. The molecule has 1 amide bonds. The molecule has 8 heteroatoms. The van der Waals surface area contributed by atoms with Gasteiger partial charge in [0.05, 0.1) is 6.61 Å². The van der Waals surface area contributed by atoms with Crippen molar-refractivity contribution in [1.29, 1.82) is 0 Å². The standard InChI is InChI=1S/C21H27N5O2S/c1-24-20(15-17(23-24)21(22)27)28-13-3-2-8-25-9-11-26(12-10-25)18-5-4-6-19-16(18)7-14-29-19/h4-7,14-15H,2-3,8-13H2,1H3,(H2,22,27). The summed E-state index contributed by atoms with van der Waals surface area (Å²) in [6, 6.07) is 10.4. The van der Waals surface area contributed by atoms with Crippen LogP contribution in [0.1, 0.15) is 23.3 Å². The number of benzene rings is 1. The molecule has 0 radical (unpaired) electrons. The molecule has 154 valence electrons. The van der Waals surface area contributed by atoms with Crippen LogP contribution in [0.25, 0.3) is 10.1 Å². The van der Waals surface area contributed by atoms with Crippen LogP contribution in [0, 0.1) is 0 Å². The summed E-state index contributed by atoms with van der Waals surface area (Å²) in [5, 5.41) is 7.58. The number of amides is 1. The molecule has 0 saturated carbocycles. The molecule has 0 atom stereocenters. The SMILES string of the molecule is Cn1nc(C(N)=O)cc1OCCCCN1CCN(c2cccc3sccc23)CC1. The highest BCUT2D eigenvalue weighted by Gasteiger charge is 2.18. The highest BCUT2D eigenvalue weighted by atomic mass is 32.1. The number of aryl methyl sites for hydroxylation is 1. The molecule has 7 nitrogen and oxygen atoms in total. The van der Waals surface area contributed by atoms with Gasteiger partial charge in [-0.25, -0.2) is 4.68 Å². The molecule has 4 rings (SSSR count). The third-order valence-corrected chi connectivity index (χ3v) is 6.28. The fourth-order valence-electron chi connectivity index (χ4n) is 3.79. The lowest BCUT2D eigenvalue weighted by Crippen LogP contribution is -2.46. The summed E-state index contributed by atoms with van der Waals surface area (Å²) < 4.78 is 8.64. The molecule has 1 aliphatic heterocycles. The highest BCUT2D eigenvalue weighted by Crippen LogP contribution is 2.31. The van der Waals surface area contributed by atoms with Crippen molar-refractivity contribution in [2.24, 2.45) is 12.8 Å². The molecular formula is C21H27N5O2S. The number of hydrogen-bond acceptors (Lipinski definition) is 6. The summed E-state index contributed by atoms with van der Waals surface area (Å²) in [4.78, 5) is 16.2. The van der Waals surface area contributed by atoms with Crippen LogP contribution >= 0.6 is 11.3 Å². The van der Waals surface area contributed by atoms with Crippen molar-refractivity contribution < 1.29 is 9.53 Å². The van der Waals surface area contributed by atoms with E-state index >= 15 is 0 Å². The van der Waals surface area contributed by atoms with E-state index < -0.39 is 5.91 Å². The number of aromatic nitrogens is 2. The molecule has 2 N–H and O–H groups in total. The Hall–Kier alpha value is -2.58. The van der Waals surface area contributed by atoms with Gasteiger partial charge in [-0.15, -0.1) is 11.3 Å². The summed E-state index contributed by atoms with van der Waals surface area (Å²) in [5.41, 5.74) is 6.84. The highest BCUT2D eigenvalue weighted by molar-refractivity contribution is 7.17. The van der Waals surface area contributed by atoms with E-state index in [2.05, 4.69) is 44.5 Å². The maximum Gasteiger partial charge on any atom is 0.269 e. The first-order valence-corrected chi connectivity index (χ1v) is 10.9. The monoisotopic (exact) mass is 413 g/mol. The molecule has 0 aliphatic carbocycles. The van der Waals surface area contributed by atoms with Crippen molar-refractivity contribution in [3.63, 3.8) is 0 Å². The number of nitrogens with two attached hydrogens (primary N) is 1. The predicted octanol–water partition coefficient (Wildman–Crippen LogP) is 2.71. The second-order valence-electron chi connectivity index (χ2n) is 7.35. The van der Waals surface area contributed by atoms with Gasteiger partial charge in [-0.2, -0.15) is 5.10 Å². The van der Waals surface area contributed by atoms with Gasteiger partial charge in [0, 0.05) is 55.1 Å². The quantitative estimate of drug-likeness (QED) is 0.575. The number of unbranched alkanes of at least 4 members (excludes halogenated alkanes) is 1. The van der Waals surface area contributed by atoms with E-state index in [4.69, 9.17) is 10.5 Å². The first-order valence-electron chi connectivity index (χ1n) is 10.0. The molecule has 0 spiro atoms. The number of nitrogens with zero attached hydrogens (tertiary/aromatic N) is 4. The van der Waals surface area contributed by atoms with Crippen LogP contribution < -0.4 is 15.4 Å². The fraction of sp³-hybridized carbons (Fsp3) is 0.429. The van der Waals surface area contributed by atoms with Crippen molar-refractivity contribution in [1.82, 2.24) is 14.7 Å². The van der Waals surface area contributed by atoms with Gasteiger partial charge >= 0.3 is 0 Å². The Bertz CT molecular complexity index is 975. The Kier molecular flexibility index (Phi) is 6.01. The Balaban J connectivity index is 1.18. The molecule has 1 aromatic carbocycles. The number of carbonyl (C=O) groups excluding carboxylic acids is 1. The zero-order valence-electron chi connectivity index (χ0n) is 16.7. The van der Waals surface area contributed by atoms with Crippen LogP contribution in [0.2, 0.25) is 0 Å². The molecule has 3 heterocycles. The lowest BCUT2D eigenvalue weighted by atomic mass is 10.2. The Morgan fingerprint density at radius 2 is 2.03 bits per heavy atom. The van der Waals surface area contributed by atoms with E-state index in [1.807, 2.05) is 0 Å². The van der Waals surface area contributed by atoms with E-state index in [0.29, 0.717) is 12.5 Å². The maximum atomic E-state index is 11.2. The largest absolute Gasteiger partial charge is 0.478 e. The van der Waals surface area contributed by atoms with Crippen LogP contribution in [0.3, 0.4) is 0 Å². The van der Waals surface area contributed by atoms with Gasteiger partial charge in [-0.05, 0) is 43.0 Å². The Morgan fingerprint density at radius 1 is 1.21 bits per heavy atom. The summed E-state index contributed by atoms with van der Waals surface area (Å²) in [6.45, 7) is 6.00. The number of anilines is 1. The second kappa shape index (κ2) is 8.84. The van der Waals surface area contributed by atoms with Gasteiger partial charge in [-0.3, -0.25) is 9.69 Å². The first kappa shape index (κ1) is 19.7. The minimum atomic E-state index is -0.537. The zero-order valence-corrected chi connectivity index (χ0v) is 17.5. The van der Waals surface area contributed by atoms with Crippen molar-refractivity contribution in [3.8, 4) is 5.88 Å². The lowest BCUT2D eigenvalue weighted by Gasteiger charge is -2.36. The Morgan fingerprint density at radius 3 is 2.79 bits per heavy atom. The van der Waals surface area contributed by atoms with E-state index in [1.54, 1.807) is 29.1 Å². The van der Waals surface area contributed by atoms with E-state index in [9.17, 15) is 4.79 Å². The topological polar surface area (TPSA) is 76.6 Å². The number of primary amides is 1. The number of hydrogen-bond donors (Lipinski definition) is 1. The smallest absolute Gasteiger partial charge is 0.269 e. The number of thiophene rings is 1. The third-order valence-electron chi connectivity index (χ3n) is 5.39. The average Bonchev–Trinajstić information content (AvgIpc) is 3.35. The summed E-state index contributed by atoms with van der Waals surface area (Å²) >= 11 is 1.81. The van der Waals surface area contributed by atoms with Crippen molar-refractivity contribution in [2.45, 2.75) is 12.8 Å². The minimum absolute atomic E-state index is 0.235. The summed E-state index contributed by atoms with van der Waals surface area (Å²) in [5.74, 6) is 0.0415. The normalized spacial score (nSPS) is 15.1. The van der Waals surface area contributed by atoms with Crippen LogP contribution in [0.15, 0.2) is 35.7 Å². The van der Waals surface area contributed by atoms with Gasteiger partial charge < -0.3 is 15.4 Å². The number of fused-ring (bicyclic) bond motifs is 1. The molecule has 29 heavy (non-hydrogen) atoms. The number of rotatable bonds is 8. The number of piperazine rings is 1. The number of ether oxygens (including phenoxy) is 1. The molecular weight excluding hydrogens is 386 g/mol.